The summed E-state index contributed by atoms with van der Waals surface area (Å²) in [4.78, 5) is 13.4. The number of nitrogens with zero attached hydrogens (tertiary/aromatic N) is 1. The topological polar surface area (TPSA) is 52.6 Å². The first-order chi connectivity index (χ1) is 9.06. The zero-order valence-electron chi connectivity index (χ0n) is 11.4. The highest BCUT2D eigenvalue weighted by Crippen LogP contribution is 2.17. The number of hydrogen-bond donors (Lipinski definition) is 2. The summed E-state index contributed by atoms with van der Waals surface area (Å²) in [5, 5.41) is 12.8. The number of aliphatic hydroxyl groups is 1. The maximum Gasteiger partial charge on any atom is 0.233 e. The third-order valence-electron chi connectivity index (χ3n) is 2.87. The van der Waals surface area contributed by atoms with Crippen molar-refractivity contribution in [3.05, 3.63) is 34.3 Å². The van der Waals surface area contributed by atoms with E-state index < -0.39 is 6.10 Å². The molecule has 5 heteroatoms. The Balaban J connectivity index is 2.62. The van der Waals surface area contributed by atoms with Gasteiger partial charge in [0.25, 0.3) is 0 Å². The maximum absolute atomic E-state index is 11.4. The van der Waals surface area contributed by atoms with Gasteiger partial charge in [-0.1, -0.05) is 35.0 Å². The first kappa shape index (κ1) is 16.1. The number of carbonyl (C=O) groups is 1. The minimum absolute atomic E-state index is 0.0311. The molecule has 0 fully saturated rings. The second-order valence-electron chi connectivity index (χ2n) is 4.48. The Labute approximate surface area is 122 Å². The van der Waals surface area contributed by atoms with Crippen LogP contribution in [-0.2, 0) is 4.79 Å². The van der Waals surface area contributed by atoms with Gasteiger partial charge in [-0.05, 0) is 30.7 Å². The molecule has 0 aliphatic heterocycles. The second-order valence-corrected chi connectivity index (χ2v) is 5.39. The van der Waals surface area contributed by atoms with E-state index in [-0.39, 0.29) is 5.91 Å². The fourth-order valence-corrected chi connectivity index (χ4v) is 2.13. The van der Waals surface area contributed by atoms with Gasteiger partial charge in [0.05, 0.1) is 12.6 Å². The second kappa shape index (κ2) is 8.30. The number of likely N-dealkylation sites (N-methyl/N-ethyl adjacent to an activating group) is 1. The van der Waals surface area contributed by atoms with Crippen LogP contribution >= 0.6 is 15.9 Å². The lowest BCUT2D eigenvalue weighted by Crippen LogP contribution is -2.38. The summed E-state index contributed by atoms with van der Waals surface area (Å²) in [6.45, 7) is 3.63. The molecule has 1 unspecified atom stereocenters. The van der Waals surface area contributed by atoms with Crippen molar-refractivity contribution in [3.63, 3.8) is 0 Å². The molecule has 4 nitrogen and oxygen atoms in total. The Hall–Kier alpha value is -0.910. The first-order valence-electron chi connectivity index (χ1n) is 6.43. The number of aliphatic hydroxyl groups excluding tert-OH is 1. The fourth-order valence-electron chi connectivity index (χ4n) is 1.87. The fraction of sp³-hybridized carbons (Fsp3) is 0.500. The van der Waals surface area contributed by atoms with E-state index in [1.54, 1.807) is 7.05 Å². The number of amides is 1. The molecule has 0 heterocycles. The molecule has 106 valence electrons. The molecular weight excluding hydrogens is 308 g/mol. The Bertz CT molecular complexity index is 395. The van der Waals surface area contributed by atoms with Crippen LogP contribution in [0.4, 0.5) is 0 Å². The van der Waals surface area contributed by atoms with Gasteiger partial charge in [-0.3, -0.25) is 9.69 Å². The van der Waals surface area contributed by atoms with Gasteiger partial charge in [0.1, 0.15) is 0 Å². The van der Waals surface area contributed by atoms with Gasteiger partial charge in [0.2, 0.25) is 5.91 Å². The molecule has 0 aromatic heterocycles. The highest BCUT2D eigenvalue weighted by atomic mass is 79.9. The van der Waals surface area contributed by atoms with Gasteiger partial charge in [-0.15, -0.1) is 0 Å². The van der Waals surface area contributed by atoms with Gasteiger partial charge < -0.3 is 10.4 Å². The van der Waals surface area contributed by atoms with Crippen LogP contribution in [0.1, 0.15) is 25.0 Å². The molecule has 0 saturated heterocycles. The van der Waals surface area contributed by atoms with E-state index in [1.807, 2.05) is 29.2 Å². The van der Waals surface area contributed by atoms with Crippen molar-refractivity contribution in [1.29, 1.82) is 0 Å². The van der Waals surface area contributed by atoms with Crippen molar-refractivity contribution < 1.29 is 9.90 Å². The summed E-state index contributed by atoms with van der Waals surface area (Å²) in [6.07, 6.45) is 0.369. The van der Waals surface area contributed by atoms with Crippen LogP contribution in [0, 0.1) is 0 Å². The van der Waals surface area contributed by atoms with Crippen LogP contribution in [0.3, 0.4) is 0 Å². The standard InChI is InChI=1S/C14H21BrN2O2/c1-3-8-17(10-14(19)16-2)9-13(18)11-4-6-12(15)7-5-11/h4-7,13,18H,3,8-10H2,1-2H3,(H,16,19). The van der Waals surface area contributed by atoms with Gasteiger partial charge in [-0.25, -0.2) is 0 Å². The van der Waals surface area contributed by atoms with Crippen molar-refractivity contribution >= 4 is 21.8 Å². The average Bonchev–Trinajstić information content (AvgIpc) is 2.39. The van der Waals surface area contributed by atoms with Crippen LogP contribution in [0.15, 0.2) is 28.7 Å². The lowest BCUT2D eigenvalue weighted by molar-refractivity contribution is -0.122. The van der Waals surface area contributed by atoms with E-state index in [0.29, 0.717) is 13.1 Å². The van der Waals surface area contributed by atoms with Crippen molar-refractivity contribution in [2.45, 2.75) is 19.4 Å². The molecule has 0 aliphatic carbocycles. The third-order valence-corrected chi connectivity index (χ3v) is 3.40. The molecule has 1 amide bonds. The van der Waals surface area contributed by atoms with Crippen molar-refractivity contribution in [2.75, 3.05) is 26.7 Å². The number of benzene rings is 1. The quantitative estimate of drug-likeness (QED) is 0.804. The van der Waals surface area contributed by atoms with E-state index in [9.17, 15) is 9.90 Å². The van der Waals surface area contributed by atoms with Crippen LogP contribution < -0.4 is 5.32 Å². The summed E-state index contributed by atoms with van der Waals surface area (Å²) in [7, 11) is 1.62. The van der Waals surface area contributed by atoms with Gasteiger partial charge >= 0.3 is 0 Å². The Morgan fingerprint density at radius 2 is 2.05 bits per heavy atom. The SMILES string of the molecule is CCCN(CC(=O)NC)CC(O)c1ccc(Br)cc1. The van der Waals surface area contributed by atoms with E-state index in [1.165, 1.54) is 0 Å². The molecule has 0 radical (unpaired) electrons. The molecule has 0 aliphatic rings. The van der Waals surface area contributed by atoms with Gasteiger partial charge in [-0.2, -0.15) is 0 Å². The Kier molecular flexibility index (Phi) is 7.05. The predicted octanol–water partition coefficient (Wildman–Crippen LogP) is 1.94. The smallest absolute Gasteiger partial charge is 0.233 e. The summed E-state index contributed by atoms with van der Waals surface area (Å²) in [5.41, 5.74) is 0.862. The molecule has 1 aromatic rings. The lowest BCUT2D eigenvalue weighted by atomic mass is 10.1. The molecule has 2 N–H and O–H groups in total. The van der Waals surface area contributed by atoms with Gasteiger partial charge in [0, 0.05) is 18.1 Å². The highest BCUT2D eigenvalue weighted by Gasteiger charge is 2.15. The van der Waals surface area contributed by atoms with E-state index >= 15 is 0 Å². The van der Waals surface area contributed by atoms with E-state index in [2.05, 4.69) is 28.2 Å². The van der Waals surface area contributed by atoms with Crippen LogP contribution in [0.25, 0.3) is 0 Å². The monoisotopic (exact) mass is 328 g/mol. The molecule has 19 heavy (non-hydrogen) atoms. The number of halogens is 1. The normalized spacial score (nSPS) is 12.5. The molecule has 1 atom stereocenters. The van der Waals surface area contributed by atoms with Crippen molar-refractivity contribution in [1.82, 2.24) is 10.2 Å². The molecule has 0 bridgehead atoms. The third kappa shape index (κ3) is 5.72. The van der Waals surface area contributed by atoms with Crippen LogP contribution in [0.5, 0.6) is 0 Å². The van der Waals surface area contributed by atoms with Crippen molar-refractivity contribution in [3.8, 4) is 0 Å². The number of rotatable bonds is 7. The largest absolute Gasteiger partial charge is 0.387 e. The zero-order chi connectivity index (χ0) is 14.3. The minimum Gasteiger partial charge on any atom is -0.387 e. The van der Waals surface area contributed by atoms with E-state index in [4.69, 9.17) is 0 Å². The average molecular weight is 329 g/mol. The van der Waals surface area contributed by atoms with Crippen LogP contribution in [-0.4, -0.2) is 42.6 Å². The highest BCUT2D eigenvalue weighted by molar-refractivity contribution is 9.10. The number of hydrogen-bond acceptors (Lipinski definition) is 3. The molecule has 0 spiro atoms. The number of carbonyl (C=O) groups excluding carboxylic acids is 1. The predicted molar refractivity (Wildman–Crippen MR) is 79.9 cm³/mol. The summed E-state index contributed by atoms with van der Waals surface area (Å²) >= 11 is 3.37. The Morgan fingerprint density at radius 3 is 2.58 bits per heavy atom. The van der Waals surface area contributed by atoms with Crippen LogP contribution in [0.2, 0.25) is 0 Å². The summed E-state index contributed by atoms with van der Waals surface area (Å²) in [5.74, 6) is -0.0311. The van der Waals surface area contributed by atoms with Crippen molar-refractivity contribution in [2.24, 2.45) is 0 Å². The Morgan fingerprint density at radius 1 is 1.42 bits per heavy atom. The zero-order valence-corrected chi connectivity index (χ0v) is 13.0. The molecule has 1 rings (SSSR count). The molecule has 1 aromatic carbocycles. The number of nitrogens with one attached hydrogen (secondary N) is 1. The summed E-state index contributed by atoms with van der Waals surface area (Å²) in [6, 6.07) is 7.58. The summed E-state index contributed by atoms with van der Waals surface area (Å²) < 4.78 is 0.985. The lowest BCUT2D eigenvalue weighted by Gasteiger charge is -2.24. The molecule has 0 saturated carbocycles. The van der Waals surface area contributed by atoms with E-state index in [0.717, 1.165) is 23.0 Å². The molecular formula is C14H21BrN2O2. The minimum atomic E-state index is -0.579. The maximum atomic E-state index is 11.4. The van der Waals surface area contributed by atoms with Gasteiger partial charge in [0.15, 0.2) is 0 Å². The first-order valence-corrected chi connectivity index (χ1v) is 7.22.